The minimum absolute atomic E-state index is 0.0183. The second-order valence-electron chi connectivity index (χ2n) is 4.18. The quantitative estimate of drug-likeness (QED) is 0.833. The maximum Gasteiger partial charge on any atom is 0.245 e. The van der Waals surface area contributed by atoms with Gasteiger partial charge in [0.05, 0.1) is 12.2 Å². The molecule has 0 spiro atoms. The van der Waals surface area contributed by atoms with Crippen molar-refractivity contribution in [1.29, 1.82) is 0 Å². The van der Waals surface area contributed by atoms with Crippen molar-refractivity contribution < 1.29 is 17.4 Å². The number of sulfonamides is 1. The Morgan fingerprint density at radius 2 is 2.15 bits per heavy atom. The van der Waals surface area contributed by atoms with Crippen molar-refractivity contribution in [3.63, 3.8) is 0 Å². The molecule has 2 aromatic rings. The standard InChI is InChI=1S/C11H14BrN3O4S/c1-6-9(7(2)19-15-6)5-14-20(16,17)10-3-8(4-13)18-11(10)12/h3,14H,4-5,13H2,1-2H3. The van der Waals surface area contributed by atoms with E-state index in [0.717, 1.165) is 0 Å². The van der Waals surface area contributed by atoms with Crippen molar-refractivity contribution in [2.75, 3.05) is 0 Å². The molecule has 2 aromatic heterocycles. The van der Waals surface area contributed by atoms with Crippen molar-refractivity contribution in [2.24, 2.45) is 5.73 Å². The van der Waals surface area contributed by atoms with Crippen LogP contribution in [0.25, 0.3) is 0 Å². The van der Waals surface area contributed by atoms with Crippen LogP contribution in [0.5, 0.6) is 0 Å². The van der Waals surface area contributed by atoms with Gasteiger partial charge in [-0.3, -0.25) is 0 Å². The first-order valence-electron chi connectivity index (χ1n) is 5.75. The number of hydrogen-bond donors (Lipinski definition) is 2. The molecule has 0 aliphatic rings. The SMILES string of the molecule is Cc1noc(C)c1CNS(=O)(=O)c1cc(CN)oc1Br. The summed E-state index contributed by atoms with van der Waals surface area (Å²) in [5.74, 6) is 0.966. The molecular weight excluding hydrogens is 350 g/mol. The van der Waals surface area contributed by atoms with E-state index in [1.54, 1.807) is 13.8 Å². The smallest absolute Gasteiger partial charge is 0.245 e. The highest BCUT2D eigenvalue weighted by Gasteiger charge is 2.23. The van der Waals surface area contributed by atoms with Gasteiger partial charge in [0.2, 0.25) is 10.0 Å². The molecule has 0 bridgehead atoms. The van der Waals surface area contributed by atoms with Crippen LogP contribution in [0.2, 0.25) is 0 Å². The summed E-state index contributed by atoms with van der Waals surface area (Å²) in [6, 6.07) is 1.39. The molecule has 3 N–H and O–H groups in total. The lowest BCUT2D eigenvalue weighted by atomic mass is 10.2. The fourth-order valence-electron chi connectivity index (χ4n) is 1.68. The summed E-state index contributed by atoms with van der Waals surface area (Å²) in [5.41, 5.74) is 6.78. The minimum Gasteiger partial charge on any atom is -0.452 e. The maximum atomic E-state index is 12.2. The van der Waals surface area contributed by atoms with Crippen LogP contribution < -0.4 is 10.5 Å². The van der Waals surface area contributed by atoms with Crippen LogP contribution in [0.3, 0.4) is 0 Å². The Hall–Kier alpha value is -1.16. The molecule has 0 atom stereocenters. The lowest BCUT2D eigenvalue weighted by Crippen LogP contribution is -2.23. The monoisotopic (exact) mass is 363 g/mol. The Kier molecular flexibility index (Phi) is 4.33. The van der Waals surface area contributed by atoms with Crippen LogP contribution in [0.1, 0.15) is 22.8 Å². The van der Waals surface area contributed by atoms with Crippen molar-refractivity contribution in [3.05, 3.63) is 33.5 Å². The zero-order valence-electron chi connectivity index (χ0n) is 10.9. The first kappa shape index (κ1) is 15.2. The number of hydrogen-bond acceptors (Lipinski definition) is 6. The van der Waals surface area contributed by atoms with Crippen LogP contribution >= 0.6 is 15.9 Å². The van der Waals surface area contributed by atoms with Crippen LogP contribution in [0.4, 0.5) is 0 Å². The second-order valence-corrected chi connectivity index (χ2v) is 6.64. The Labute approximate surface area is 124 Å². The molecule has 2 rings (SSSR count). The number of aryl methyl sites for hydroxylation is 2. The van der Waals surface area contributed by atoms with Gasteiger partial charge in [0.25, 0.3) is 0 Å². The molecule has 20 heavy (non-hydrogen) atoms. The van der Waals surface area contributed by atoms with Gasteiger partial charge in [-0.05, 0) is 29.8 Å². The van der Waals surface area contributed by atoms with E-state index >= 15 is 0 Å². The van der Waals surface area contributed by atoms with E-state index in [4.69, 9.17) is 14.7 Å². The molecule has 110 valence electrons. The molecule has 0 fully saturated rings. The summed E-state index contributed by atoms with van der Waals surface area (Å²) in [6.45, 7) is 3.70. The number of aromatic nitrogens is 1. The Bertz CT molecular complexity index is 701. The van der Waals surface area contributed by atoms with E-state index < -0.39 is 10.0 Å². The summed E-state index contributed by atoms with van der Waals surface area (Å²) in [5, 5.41) is 3.77. The van der Waals surface area contributed by atoms with E-state index in [9.17, 15) is 8.42 Å². The largest absolute Gasteiger partial charge is 0.452 e. The Morgan fingerprint density at radius 3 is 2.65 bits per heavy atom. The molecule has 0 amide bonds. The molecule has 9 heteroatoms. The molecule has 0 saturated heterocycles. The van der Waals surface area contributed by atoms with Gasteiger partial charge in [-0.15, -0.1) is 0 Å². The zero-order valence-corrected chi connectivity index (χ0v) is 13.3. The first-order valence-corrected chi connectivity index (χ1v) is 8.02. The molecule has 0 aliphatic heterocycles. The van der Waals surface area contributed by atoms with Crippen LogP contribution in [-0.4, -0.2) is 13.6 Å². The molecule has 2 heterocycles. The van der Waals surface area contributed by atoms with Gasteiger partial charge in [-0.1, -0.05) is 5.16 Å². The van der Waals surface area contributed by atoms with E-state index in [1.165, 1.54) is 6.07 Å². The molecule has 0 unspecified atom stereocenters. The summed E-state index contributed by atoms with van der Waals surface area (Å²) < 4.78 is 37.2. The molecule has 0 radical (unpaired) electrons. The van der Waals surface area contributed by atoms with Gasteiger partial charge in [-0.2, -0.15) is 0 Å². The fraction of sp³-hybridized carbons (Fsp3) is 0.364. The van der Waals surface area contributed by atoms with Gasteiger partial charge in [0.15, 0.2) is 4.67 Å². The van der Waals surface area contributed by atoms with Crippen molar-refractivity contribution >= 4 is 26.0 Å². The summed E-state index contributed by atoms with van der Waals surface area (Å²) in [4.78, 5) is 0.0183. The number of nitrogens with zero attached hydrogens (tertiary/aromatic N) is 1. The van der Waals surface area contributed by atoms with Crippen molar-refractivity contribution in [3.8, 4) is 0 Å². The van der Waals surface area contributed by atoms with Gasteiger partial charge >= 0.3 is 0 Å². The first-order chi connectivity index (χ1) is 9.35. The molecule has 0 aliphatic carbocycles. The van der Waals surface area contributed by atoms with E-state index in [2.05, 4.69) is 25.8 Å². The molecular formula is C11H14BrN3O4S. The number of furan rings is 1. The lowest BCUT2D eigenvalue weighted by molar-refractivity contribution is 0.392. The van der Waals surface area contributed by atoms with E-state index in [-0.39, 0.29) is 22.7 Å². The predicted molar refractivity (Wildman–Crippen MR) is 74.3 cm³/mol. The minimum atomic E-state index is -3.71. The topological polar surface area (TPSA) is 111 Å². The van der Waals surface area contributed by atoms with Crippen LogP contribution in [-0.2, 0) is 23.1 Å². The summed E-state index contributed by atoms with van der Waals surface area (Å²) in [7, 11) is -3.71. The molecule has 0 saturated carbocycles. The van der Waals surface area contributed by atoms with Crippen molar-refractivity contribution in [2.45, 2.75) is 31.8 Å². The Balaban J connectivity index is 2.21. The van der Waals surface area contributed by atoms with E-state index in [1.807, 2.05) is 0 Å². The maximum absolute atomic E-state index is 12.2. The normalized spacial score (nSPS) is 12.0. The number of rotatable bonds is 5. The number of halogens is 1. The van der Waals surface area contributed by atoms with Gasteiger partial charge in [-0.25, -0.2) is 13.1 Å². The average molecular weight is 364 g/mol. The summed E-state index contributed by atoms with van der Waals surface area (Å²) in [6.07, 6.45) is 0. The third-order valence-corrected chi connectivity index (χ3v) is 5.08. The van der Waals surface area contributed by atoms with Crippen molar-refractivity contribution in [1.82, 2.24) is 9.88 Å². The lowest BCUT2D eigenvalue weighted by Gasteiger charge is -2.04. The third kappa shape index (κ3) is 2.95. The summed E-state index contributed by atoms with van der Waals surface area (Å²) >= 11 is 3.07. The number of nitrogens with two attached hydrogens (primary N) is 1. The average Bonchev–Trinajstić information content (AvgIpc) is 2.92. The molecule has 0 aromatic carbocycles. The van der Waals surface area contributed by atoms with Gasteiger partial charge in [0, 0.05) is 18.2 Å². The van der Waals surface area contributed by atoms with Gasteiger partial charge < -0.3 is 14.7 Å². The highest BCUT2D eigenvalue weighted by molar-refractivity contribution is 9.10. The highest BCUT2D eigenvalue weighted by atomic mass is 79.9. The molecule has 7 nitrogen and oxygen atoms in total. The number of nitrogens with one attached hydrogen (secondary N) is 1. The predicted octanol–water partition coefficient (Wildman–Crippen LogP) is 1.58. The van der Waals surface area contributed by atoms with E-state index in [0.29, 0.717) is 22.8 Å². The fourth-order valence-corrected chi connectivity index (χ4v) is 3.67. The Morgan fingerprint density at radius 1 is 1.45 bits per heavy atom. The second kappa shape index (κ2) is 5.68. The van der Waals surface area contributed by atoms with Crippen LogP contribution in [0, 0.1) is 13.8 Å². The van der Waals surface area contributed by atoms with Gasteiger partial charge in [0.1, 0.15) is 16.4 Å². The van der Waals surface area contributed by atoms with Crippen LogP contribution in [0.15, 0.2) is 24.6 Å². The third-order valence-electron chi connectivity index (χ3n) is 2.82. The zero-order chi connectivity index (χ0) is 14.9. The highest BCUT2D eigenvalue weighted by Crippen LogP contribution is 2.26.